The lowest BCUT2D eigenvalue weighted by atomic mass is 9.70. The third-order valence-corrected chi connectivity index (χ3v) is 12.6. The SMILES string of the molecule is c1ccc2c(c1)-c1ccccc1C21c2ccccc2-c2c(-c3nc(-c4cccc5c4oc4ccccc45)nc(-c4cccc5ccc6ccccc6c45)n3)cccc21. The molecule has 0 fully saturated rings. The van der Waals surface area contributed by atoms with Crippen molar-refractivity contribution in [2.24, 2.45) is 0 Å². The lowest BCUT2D eigenvalue weighted by Crippen LogP contribution is -2.25. The molecule has 268 valence electrons. The largest absolute Gasteiger partial charge is 0.455 e. The van der Waals surface area contributed by atoms with E-state index in [1.54, 1.807) is 0 Å². The monoisotopic (exact) mass is 737 g/mol. The van der Waals surface area contributed by atoms with E-state index in [4.69, 9.17) is 19.4 Å². The van der Waals surface area contributed by atoms with Gasteiger partial charge in [0.05, 0.1) is 11.0 Å². The molecule has 0 saturated heterocycles. The second-order valence-corrected chi connectivity index (χ2v) is 15.4. The summed E-state index contributed by atoms with van der Waals surface area (Å²) in [5.74, 6) is 1.80. The first-order chi connectivity index (χ1) is 28.8. The van der Waals surface area contributed by atoms with Gasteiger partial charge in [0, 0.05) is 27.3 Å². The zero-order chi connectivity index (χ0) is 38.0. The Hall–Kier alpha value is -7.69. The van der Waals surface area contributed by atoms with E-state index in [-0.39, 0.29) is 0 Å². The number of furan rings is 1. The molecule has 13 rings (SSSR count). The van der Waals surface area contributed by atoms with Crippen molar-refractivity contribution in [1.82, 2.24) is 15.0 Å². The molecule has 0 aliphatic heterocycles. The predicted octanol–water partition coefficient (Wildman–Crippen LogP) is 13.4. The number of rotatable bonds is 3. The van der Waals surface area contributed by atoms with Gasteiger partial charge in [0.1, 0.15) is 11.2 Å². The van der Waals surface area contributed by atoms with Gasteiger partial charge in [0.25, 0.3) is 0 Å². The van der Waals surface area contributed by atoms with E-state index < -0.39 is 5.41 Å². The number of hydrogen-bond donors (Lipinski definition) is 0. The van der Waals surface area contributed by atoms with E-state index in [2.05, 4.69) is 176 Å². The van der Waals surface area contributed by atoms with Crippen LogP contribution in [0.1, 0.15) is 22.3 Å². The molecule has 2 heterocycles. The van der Waals surface area contributed by atoms with Gasteiger partial charge < -0.3 is 4.42 Å². The summed E-state index contributed by atoms with van der Waals surface area (Å²) in [7, 11) is 0. The average Bonchev–Trinajstić information content (AvgIpc) is 3.93. The molecule has 2 aliphatic rings. The molecule has 4 heteroatoms. The van der Waals surface area contributed by atoms with Crippen molar-refractivity contribution < 1.29 is 4.42 Å². The van der Waals surface area contributed by atoms with Crippen LogP contribution in [-0.2, 0) is 5.41 Å². The molecule has 9 aromatic carbocycles. The highest BCUT2D eigenvalue weighted by molar-refractivity contribution is 6.14. The quantitative estimate of drug-likeness (QED) is 0.169. The van der Waals surface area contributed by atoms with Crippen LogP contribution in [0.15, 0.2) is 192 Å². The summed E-state index contributed by atoms with van der Waals surface area (Å²) in [6.45, 7) is 0. The summed E-state index contributed by atoms with van der Waals surface area (Å²) in [6, 6.07) is 67.2. The second kappa shape index (κ2) is 11.7. The minimum absolute atomic E-state index is 0.484. The summed E-state index contributed by atoms with van der Waals surface area (Å²) < 4.78 is 6.61. The zero-order valence-electron chi connectivity index (χ0n) is 31.1. The predicted molar refractivity (Wildman–Crippen MR) is 235 cm³/mol. The molecule has 11 aromatic rings. The normalized spacial score (nSPS) is 13.3. The topological polar surface area (TPSA) is 51.8 Å². The fraction of sp³-hybridized carbons (Fsp3) is 0.0185. The van der Waals surface area contributed by atoms with E-state index in [1.807, 2.05) is 12.1 Å². The van der Waals surface area contributed by atoms with Crippen molar-refractivity contribution in [1.29, 1.82) is 0 Å². The van der Waals surface area contributed by atoms with Crippen LogP contribution >= 0.6 is 0 Å². The molecule has 0 saturated carbocycles. The summed E-state index contributed by atoms with van der Waals surface area (Å²) in [6.07, 6.45) is 0. The number of hydrogen-bond acceptors (Lipinski definition) is 4. The molecule has 4 nitrogen and oxygen atoms in total. The number of fused-ring (bicyclic) bond motifs is 16. The third-order valence-electron chi connectivity index (χ3n) is 12.6. The molecule has 0 unspecified atom stereocenters. The molecule has 0 bridgehead atoms. The van der Waals surface area contributed by atoms with Crippen LogP contribution in [0.5, 0.6) is 0 Å². The molecule has 0 radical (unpaired) electrons. The van der Waals surface area contributed by atoms with E-state index in [1.165, 1.54) is 44.3 Å². The van der Waals surface area contributed by atoms with Gasteiger partial charge in [-0.1, -0.05) is 176 Å². The summed E-state index contributed by atoms with van der Waals surface area (Å²) in [4.78, 5) is 16.3. The van der Waals surface area contributed by atoms with E-state index in [0.29, 0.717) is 17.5 Å². The van der Waals surface area contributed by atoms with Crippen molar-refractivity contribution >= 4 is 43.5 Å². The van der Waals surface area contributed by atoms with Gasteiger partial charge in [-0.15, -0.1) is 0 Å². The number of benzene rings is 9. The first kappa shape index (κ1) is 31.5. The Morgan fingerprint density at radius 2 is 0.810 bits per heavy atom. The van der Waals surface area contributed by atoms with Crippen LogP contribution in [0, 0.1) is 0 Å². The maximum atomic E-state index is 6.61. The third kappa shape index (κ3) is 4.10. The van der Waals surface area contributed by atoms with Crippen molar-refractivity contribution in [2.75, 3.05) is 0 Å². The molecular weight excluding hydrogens is 707 g/mol. The van der Waals surface area contributed by atoms with Gasteiger partial charge >= 0.3 is 0 Å². The molecule has 0 N–H and O–H groups in total. The Morgan fingerprint density at radius 3 is 1.60 bits per heavy atom. The Balaban J connectivity index is 1.14. The number of aromatic nitrogens is 3. The van der Waals surface area contributed by atoms with Gasteiger partial charge in [0.2, 0.25) is 0 Å². The van der Waals surface area contributed by atoms with Gasteiger partial charge in [-0.2, -0.15) is 0 Å². The smallest absolute Gasteiger partial charge is 0.167 e. The zero-order valence-corrected chi connectivity index (χ0v) is 31.1. The molecule has 58 heavy (non-hydrogen) atoms. The highest BCUT2D eigenvalue weighted by atomic mass is 16.3. The standard InChI is InChI=1S/C54H31N3O/c1-2-16-34-32(14-1)30-31-33-15-11-22-40(48(33)34)51-55-52(57-53(56-51)42-24-12-21-38-37-19-6-10-29-47(37)58-50(38)42)41-23-13-28-46-49(41)39-20-5-9-27-45(39)54(46)43-25-7-3-17-35(43)36-18-4-8-26-44(36)54/h1-31H. The van der Waals surface area contributed by atoms with Crippen molar-refractivity contribution in [3.05, 3.63) is 210 Å². The average molecular weight is 738 g/mol. The van der Waals surface area contributed by atoms with Crippen molar-refractivity contribution in [3.63, 3.8) is 0 Å². The Kier molecular flexibility index (Phi) is 6.34. The highest BCUT2D eigenvalue weighted by Gasteiger charge is 2.52. The van der Waals surface area contributed by atoms with Crippen molar-refractivity contribution in [3.8, 4) is 56.4 Å². The summed E-state index contributed by atoms with van der Waals surface area (Å²) in [5.41, 5.74) is 13.9. The van der Waals surface area contributed by atoms with Crippen LogP contribution in [0.2, 0.25) is 0 Å². The van der Waals surface area contributed by atoms with Gasteiger partial charge in [-0.25, -0.2) is 15.0 Å². The molecule has 1 spiro atoms. The van der Waals surface area contributed by atoms with E-state index >= 15 is 0 Å². The van der Waals surface area contributed by atoms with E-state index in [9.17, 15) is 0 Å². The minimum Gasteiger partial charge on any atom is -0.455 e. The first-order valence-electron chi connectivity index (χ1n) is 19.8. The van der Waals surface area contributed by atoms with Crippen LogP contribution < -0.4 is 0 Å². The number of para-hydroxylation sites is 2. The van der Waals surface area contributed by atoms with Gasteiger partial charge in [0.15, 0.2) is 17.5 Å². The fourth-order valence-electron chi connectivity index (χ4n) is 10.2. The van der Waals surface area contributed by atoms with Crippen LogP contribution in [0.3, 0.4) is 0 Å². The Bertz CT molecular complexity index is 3500. The molecule has 2 aliphatic carbocycles. The maximum Gasteiger partial charge on any atom is 0.167 e. The molecule has 2 aromatic heterocycles. The molecular formula is C54H31N3O. The number of nitrogens with zero attached hydrogens (tertiary/aromatic N) is 3. The Morgan fingerprint density at radius 1 is 0.328 bits per heavy atom. The van der Waals surface area contributed by atoms with Crippen LogP contribution in [0.25, 0.3) is 99.9 Å². The van der Waals surface area contributed by atoms with Crippen molar-refractivity contribution in [2.45, 2.75) is 5.41 Å². The van der Waals surface area contributed by atoms with E-state index in [0.717, 1.165) is 60.4 Å². The lowest BCUT2D eigenvalue weighted by Gasteiger charge is -2.30. The summed E-state index contributed by atoms with van der Waals surface area (Å²) >= 11 is 0. The highest BCUT2D eigenvalue weighted by Crippen LogP contribution is 2.63. The minimum atomic E-state index is -0.484. The maximum absolute atomic E-state index is 6.61. The Labute approximate surface area is 333 Å². The summed E-state index contributed by atoms with van der Waals surface area (Å²) in [5, 5.41) is 6.68. The van der Waals surface area contributed by atoms with Gasteiger partial charge in [-0.05, 0) is 72.8 Å². The first-order valence-corrected chi connectivity index (χ1v) is 19.8. The second-order valence-electron chi connectivity index (χ2n) is 15.4. The molecule has 0 amide bonds. The fourth-order valence-corrected chi connectivity index (χ4v) is 10.2. The lowest BCUT2D eigenvalue weighted by molar-refractivity contribution is 0.669. The molecule has 0 atom stereocenters. The van der Waals surface area contributed by atoms with Crippen LogP contribution in [0.4, 0.5) is 0 Å². The van der Waals surface area contributed by atoms with Crippen LogP contribution in [-0.4, -0.2) is 15.0 Å². The van der Waals surface area contributed by atoms with Gasteiger partial charge in [-0.3, -0.25) is 0 Å².